The Labute approximate surface area is 114 Å². The van der Waals surface area contributed by atoms with Crippen molar-refractivity contribution in [3.63, 3.8) is 0 Å². The van der Waals surface area contributed by atoms with E-state index < -0.39 is 11.5 Å². The van der Waals surface area contributed by atoms with Gasteiger partial charge in [-0.25, -0.2) is 9.89 Å². The zero-order valence-corrected chi connectivity index (χ0v) is 10.7. The predicted molar refractivity (Wildman–Crippen MR) is 71.0 cm³/mol. The zero-order chi connectivity index (χ0) is 14.5. The molecule has 0 bridgehead atoms. The van der Waals surface area contributed by atoms with E-state index in [1.165, 1.54) is 0 Å². The minimum absolute atomic E-state index is 0.107. The first kappa shape index (κ1) is 13.5. The van der Waals surface area contributed by atoms with Crippen molar-refractivity contribution in [2.24, 2.45) is 0 Å². The molecule has 0 aliphatic heterocycles. The molecule has 0 aliphatic rings. The van der Waals surface area contributed by atoms with Crippen LogP contribution in [0.25, 0.3) is 11.3 Å². The van der Waals surface area contributed by atoms with Crippen LogP contribution in [0.2, 0.25) is 0 Å². The Morgan fingerprint density at radius 3 is 2.70 bits per heavy atom. The number of carbonyl (C=O) groups excluding carboxylic acids is 1. The second-order valence-corrected chi connectivity index (χ2v) is 3.85. The minimum Gasteiger partial charge on any atom is -0.462 e. The summed E-state index contributed by atoms with van der Waals surface area (Å²) in [6.45, 7) is 1.79. The van der Waals surface area contributed by atoms with Gasteiger partial charge in [0.05, 0.1) is 6.61 Å². The number of carbonyl (C=O) groups is 1. The molecule has 0 fully saturated rings. The molecule has 6 nitrogen and oxygen atoms in total. The fourth-order valence-corrected chi connectivity index (χ4v) is 1.76. The molecule has 0 atom stereocenters. The van der Waals surface area contributed by atoms with Crippen LogP contribution in [0, 0.1) is 11.3 Å². The van der Waals surface area contributed by atoms with Crippen LogP contribution in [-0.2, 0) is 4.74 Å². The maximum absolute atomic E-state index is 12.0. The second-order valence-electron chi connectivity index (χ2n) is 3.85. The molecule has 0 saturated carbocycles. The van der Waals surface area contributed by atoms with Crippen LogP contribution in [0.1, 0.15) is 22.8 Å². The van der Waals surface area contributed by atoms with Crippen LogP contribution >= 0.6 is 0 Å². The molecule has 20 heavy (non-hydrogen) atoms. The van der Waals surface area contributed by atoms with Gasteiger partial charge >= 0.3 is 5.97 Å². The maximum atomic E-state index is 12.0. The van der Waals surface area contributed by atoms with Crippen LogP contribution in [0.5, 0.6) is 0 Å². The molecule has 0 amide bonds. The number of benzene rings is 1. The maximum Gasteiger partial charge on any atom is 0.341 e. The molecule has 100 valence electrons. The Kier molecular flexibility index (Phi) is 3.91. The first-order valence-electron chi connectivity index (χ1n) is 5.94. The Morgan fingerprint density at radius 1 is 1.40 bits per heavy atom. The number of rotatable bonds is 3. The van der Waals surface area contributed by atoms with E-state index in [0.29, 0.717) is 5.56 Å². The molecule has 2 aromatic rings. The van der Waals surface area contributed by atoms with Gasteiger partial charge < -0.3 is 4.74 Å². The van der Waals surface area contributed by atoms with Gasteiger partial charge in [-0.05, 0) is 6.92 Å². The fourth-order valence-electron chi connectivity index (χ4n) is 1.76. The van der Waals surface area contributed by atoms with Gasteiger partial charge in [0, 0.05) is 5.56 Å². The molecule has 1 heterocycles. The van der Waals surface area contributed by atoms with Crippen molar-refractivity contribution < 1.29 is 9.53 Å². The van der Waals surface area contributed by atoms with E-state index in [2.05, 4.69) is 10.2 Å². The van der Waals surface area contributed by atoms with Crippen molar-refractivity contribution in [1.82, 2.24) is 10.2 Å². The number of hydrogen-bond donors (Lipinski definition) is 1. The fraction of sp³-hybridized carbons (Fsp3) is 0.143. The highest BCUT2D eigenvalue weighted by molar-refractivity contribution is 5.98. The van der Waals surface area contributed by atoms with E-state index in [1.54, 1.807) is 37.3 Å². The van der Waals surface area contributed by atoms with Gasteiger partial charge in [0.2, 0.25) is 0 Å². The molecule has 1 N–H and O–H groups in total. The Hall–Kier alpha value is -2.94. The minimum atomic E-state index is -0.735. The Balaban J connectivity index is 2.73. The van der Waals surface area contributed by atoms with Crippen molar-refractivity contribution in [3.8, 4) is 17.3 Å². The smallest absolute Gasteiger partial charge is 0.341 e. The van der Waals surface area contributed by atoms with Gasteiger partial charge in [-0.1, -0.05) is 30.3 Å². The van der Waals surface area contributed by atoms with Gasteiger partial charge in [-0.2, -0.15) is 10.4 Å². The van der Waals surface area contributed by atoms with Gasteiger partial charge in [0.25, 0.3) is 5.56 Å². The van der Waals surface area contributed by atoms with Crippen LogP contribution in [0.4, 0.5) is 0 Å². The van der Waals surface area contributed by atoms with E-state index in [-0.39, 0.29) is 23.4 Å². The van der Waals surface area contributed by atoms with E-state index in [0.717, 1.165) is 0 Å². The lowest BCUT2D eigenvalue weighted by molar-refractivity contribution is 0.0526. The number of esters is 1. The number of nitriles is 1. The van der Waals surface area contributed by atoms with E-state index in [4.69, 9.17) is 10.00 Å². The number of aromatic amines is 1. The lowest BCUT2D eigenvalue weighted by Crippen LogP contribution is -2.21. The number of nitrogens with zero attached hydrogens (tertiary/aromatic N) is 2. The third-order valence-electron chi connectivity index (χ3n) is 2.62. The number of ether oxygens (including phenoxy) is 1. The quantitative estimate of drug-likeness (QED) is 0.851. The molecule has 0 radical (unpaired) electrons. The SMILES string of the molecule is CCOC(=O)c1c(-c2ccccc2)n[nH]c(=O)c1C#N. The highest BCUT2D eigenvalue weighted by atomic mass is 16.5. The van der Waals surface area contributed by atoms with Crippen LogP contribution < -0.4 is 5.56 Å². The lowest BCUT2D eigenvalue weighted by atomic mass is 10.0. The van der Waals surface area contributed by atoms with Gasteiger partial charge in [-0.3, -0.25) is 4.79 Å². The first-order valence-corrected chi connectivity index (χ1v) is 5.94. The second kappa shape index (κ2) is 5.80. The summed E-state index contributed by atoms with van der Waals surface area (Å²) in [5.74, 6) is -0.735. The highest BCUT2D eigenvalue weighted by Gasteiger charge is 2.23. The van der Waals surface area contributed by atoms with Crippen molar-refractivity contribution in [2.75, 3.05) is 6.61 Å². The van der Waals surface area contributed by atoms with E-state index in [1.807, 2.05) is 6.07 Å². The van der Waals surface area contributed by atoms with Crippen molar-refractivity contribution in [1.29, 1.82) is 5.26 Å². The summed E-state index contributed by atoms with van der Waals surface area (Å²) >= 11 is 0. The average Bonchev–Trinajstić information content (AvgIpc) is 2.48. The third kappa shape index (κ3) is 2.42. The van der Waals surface area contributed by atoms with Gasteiger partial charge in [0.1, 0.15) is 22.9 Å². The zero-order valence-electron chi connectivity index (χ0n) is 10.7. The van der Waals surface area contributed by atoms with Gasteiger partial charge in [-0.15, -0.1) is 0 Å². The number of H-pyrrole nitrogens is 1. The summed E-state index contributed by atoms with van der Waals surface area (Å²) in [7, 11) is 0. The number of nitrogens with one attached hydrogen (secondary N) is 1. The standard InChI is InChI=1S/C14H11N3O3/c1-2-20-14(19)11-10(8-15)13(18)17-16-12(11)9-6-4-3-5-7-9/h3-7H,2H2,1H3,(H,17,18). The molecule has 0 unspecified atom stereocenters. The molecule has 1 aromatic carbocycles. The van der Waals surface area contributed by atoms with Crippen LogP contribution in [0.15, 0.2) is 35.1 Å². The molecule has 0 spiro atoms. The Bertz CT molecular complexity index is 730. The van der Waals surface area contributed by atoms with Crippen LogP contribution in [-0.4, -0.2) is 22.8 Å². The summed E-state index contributed by atoms with van der Waals surface area (Å²) in [5.41, 5.74) is -0.277. The first-order chi connectivity index (χ1) is 9.69. The Morgan fingerprint density at radius 2 is 2.10 bits per heavy atom. The predicted octanol–water partition coefficient (Wildman–Crippen LogP) is 1.49. The topological polar surface area (TPSA) is 95.8 Å². The van der Waals surface area contributed by atoms with E-state index in [9.17, 15) is 9.59 Å². The molecule has 0 saturated heterocycles. The molecular formula is C14H11N3O3. The third-order valence-corrected chi connectivity index (χ3v) is 2.62. The monoisotopic (exact) mass is 269 g/mol. The molecule has 1 aromatic heterocycles. The summed E-state index contributed by atoms with van der Waals surface area (Å²) in [4.78, 5) is 23.6. The summed E-state index contributed by atoms with van der Waals surface area (Å²) < 4.78 is 4.90. The largest absolute Gasteiger partial charge is 0.462 e. The average molecular weight is 269 g/mol. The molecule has 2 rings (SSSR count). The van der Waals surface area contributed by atoms with Gasteiger partial charge in [0.15, 0.2) is 0 Å². The van der Waals surface area contributed by atoms with E-state index >= 15 is 0 Å². The molecule has 0 aliphatic carbocycles. The highest BCUT2D eigenvalue weighted by Crippen LogP contribution is 2.22. The molecular weight excluding hydrogens is 258 g/mol. The summed E-state index contributed by atoms with van der Waals surface area (Å²) in [6.07, 6.45) is 0. The summed E-state index contributed by atoms with van der Waals surface area (Å²) in [6, 6.07) is 10.5. The van der Waals surface area contributed by atoms with Crippen LogP contribution in [0.3, 0.4) is 0 Å². The number of aromatic nitrogens is 2. The number of hydrogen-bond acceptors (Lipinski definition) is 5. The van der Waals surface area contributed by atoms with Crippen molar-refractivity contribution >= 4 is 5.97 Å². The molecule has 6 heteroatoms. The van der Waals surface area contributed by atoms with Crippen molar-refractivity contribution in [2.45, 2.75) is 6.92 Å². The normalized spacial score (nSPS) is 9.80. The van der Waals surface area contributed by atoms with Crippen molar-refractivity contribution in [3.05, 3.63) is 51.8 Å². The summed E-state index contributed by atoms with van der Waals surface area (Å²) in [5, 5.41) is 15.2. The lowest BCUT2D eigenvalue weighted by Gasteiger charge is -2.08.